The highest BCUT2D eigenvalue weighted by Gasteiger charge is 2.28. The minimum absolute atomic E-state index is 0.0192. The average molecular weight is 569 g/mol. The van der Waals surface area contributed by atoms with E-state index in [1.54, 1.807) is 24.3 Å². The minimum atomic E-state index is -0.534. The van der Waals surface area contributed by atoms with Crippen molar-refractivity contribution >= 4 is 35.4 Å². The lowest BCUT2D eigenvalue weighted by atomic mass is 9.90. The molecule has 7 N–H and O–H groups in total. The van der Waals surface area contributed by atoms with Crippen molar-refractivity contribution < 1.29 is 19.1 Å². The average Bonchev–Trinajstić information content (AvgIpc) is 2.91. The molecule has 41 heavy (non-hydrogen) atoms. The summed E-state index contributed by atoms with van der Waals surface area (Å²) in [5.74, 6) is -0.00770. The van der Waals surface area contributed by atoms with Crippen molar-refractivity contribution in [3.63, 3.8) is 0 Å². The summed E-state index contributed by atoms with van der Waals surface area (Å²) in [5, 5.41) is 15.8. The second-order valence-corrected chi connectivity index (χ2v) is 11.2. The Bertz CT molecular complexity index is 1170. The van der Waals surface area contributed by atoms with Gasteiger partial charge in [-0.2, -0.15) is 4.98 Å². The highest BCUT2D eigenvalue weighted by atomic mass is 16.6. The third-order valence-corrected chi connectivity index (χ3v) is 6.52. The molecular weight excluding hydrogens is 524 g/mol. The van der Waals surface area contributed by atoms with E-state index in [2.05, 4.69) is 36.6 Å². The van der Waals surface area contributed by atoms with Gasteiger partial charge < -0.3 is 37.1 Å². The predicted octanol–water partition coefficient (Wildman–Crippen LogP) is 3.69. The third-order valence-electron chi connectivity index (χ3n) is 6.52. The predicted molar refractivity (Wildman–Crippen MR) is 159 cm³/mol. The fourth-order valence-corrected chi connectivity index (χ4v) is 4.51. The molecule has 2 aromatic rings. The molecule has 0 spiro atoms. The van der Waals surface area contributed by atoms with Gasteiger partial charge in [0, 0.05) is 42.6 Å². The molecule has 0 saturated heterocycles. The number of hydrogen-bond donors (Lipinski definition) is 6. The summed E-state index contributed by atoms with van der Waals surface area (Å²) in [4.78, 5) is 45.3. The van der Waals surface area contributed by atoms with Gasteiger partial charge >= 0.3 is 6.09 Å². The first-order valence-electron chi connectivity index (χ1n) is 14.3. The SMILES string of the molecule is CCCNc1nc(Nc2ccc(C(N)=O)cc2)ncc1C(=O)NCCCN[C@@H]1CCCC[C@@H]1NC(=O)OC(C)(C)C. The Hall–Kier alpha value is -3.93. The van der Waals surface area contributed by atoms with Crippen LogP contribution in [0.1, 0.15) is 86.9 Å². The Labute approximate surface area is 242 Å². The number of carbonyl (C=O) groups excluding carboxylic acids is 3. The monoisotopic (exact) mass is 568 g/mol. The number of amides is 3. The maximum Gasteiger partial charge on any atom is 0.407 e. The first-order valence-corrected chi connectivity index (χ1v) is 14.3. The van der Waals surface area contributed by atoms with Crippen LogP contribution in [0.15, 0.2) is 30.5 Å². The fraction of sp³-hybridized carbons (Fsp3) is 0.552. The van der Waals surface area contributed by atoms with Crippen molar-refractivity contribution in [1.29, 1.82) is 0 Å². The van der Waals surface area contributed by atoms with Gasteiger partial charge in [-0.05, 0) is 77.3 Å². The Morgan fingerprint density at radius 2 is 1.73 bits per heavy atom. The molecule has 0 aliphatic heterocycles. The molecule has 0 bridgehead atoms. The molecule has 12 heteroatoms. The molecule has 2 atom stereocenters. The molecule has 1 aliphatic rings. The number of rotatable bonds is 13. The topological polar surface area (TPSA) is 172 Å². The van der Waals surface area contributed by atoms with Gasteiger partial charge in [-0.25, -0.2) is 9.78 Å². The Morgan fingerprint density at radius 1 is 1.02 bits per heavy atom. The van der Waals surface area contributed by atoms with E-state index in [0.717, 1.165) is 38.5 Å². The summed E-state index contributed by atoms with van der Waals surface area (Å²) < 4.78 is 5.42. The third kappa shape index (κ3) is 10.5. The normalized spacial score (nSPS) is 16.9. The largest absolute Gasteiger partial charge is 0.444 e. The Balaban J connectivity index is 1.50. The van der Waals surface area contributed by atoms with E-state index in [4.69, 9.17) is 10.5 Å². The van der Waals surface area contributed by atoms with Crippen LogP contribution in [0.5, 0.6) is 0 Å². The van der Waals surface area contributed by atoms with Crippen LogP contribution in [0.3, 0.4) is 0 Å². The summed E-state index contributed by atoms with van der Waals surface area (Å²) in [5.41, 5.74) is 6.21. The number of anilines is 3. The van der Waals surface area contributed by atoms with E-state index < -0.39 is 11.5 Å². The van der Waals surface area contributed by atoms with Crippen molar-refractivity contribution in [2.75, 3.05) is 30.3 Å². The van der Waals surface area contributed by atoms with Crippen LogP contribution in [0.4, 0.5) is 22.2 Å². The fourth-order valence-electron chi connectivity index (χ4n) is 4.51. The van der Waals surface area contributed by atoms with Crippen molar-refractivity contribution in [3.05, 3.63) is 41.6 Å². The van der Waals surface area contributed by atoms with Crippen LogP contribution < -0.4 is 32.3 Å². The van der Waals surface area contributed by atoms with Crippen LogP contribution in [-0.4, -0.2) is 65.2 Å². The first kappa shape index (κ1) is 31.6. The van der Waals surface area contributed by atoms with Gasteiger partial charge in [-0.3, -0.25) is 9.59 Å². The van der Waals surface area contributed by atoms with E-state index in [0.29, 0.717) is 48.2 Å². The first-order chi connectivity index (χ1) is 19.6. The van der Waals surface area contributed by atoms with Crippen molar-refractivity contribution in [3.8, 4) is 0 Å². The lowest BCUT2D eigenvalue weighted by Gasteiger charge is -2.33. The molecule has 0 unspecified atom stereocenters. The summed E-state index contributed by atoms with van der Waals surface area (Å²) in [6.45, 7) is 9.41. The zero-order valence-electron chi connectivity index (χ0n) is 24.5. The molecule has 1 fully saturated rings. The van der Waals surface area contributed by atoms with Gasteiger partial charge in [0.05, 0.1) is 0 Å². The van der Waals surface area contributed by atoms with Gasteiger partial charge in [-0.15, -0.1) is 0 Å². The van der Waals surface area contributed by atoms with E-state index in [-0.39, 0.29) is 24.1 Å². The highest BCUT2D eigenvalue weighted by Crippen LogP contribution is 2.20. The standard InChI is InChI=1S/C29H44N8O4/c1-5-15-32-25-21(18-34-27(37-25)35-20-13-11-19(12-14-20)24(30)38)26(39)33-17-8-16-31-22-9-6-7-10-23(22)36-28(40)41-29(2,3)4/h11-14,18,22-23,31H,5-10,15-17H2,1-4H3,(H2,30,38)(H,33,39)(H,36,40)(H2,32,34,35,37)/t22-,23+/m1/s1. The summed E-state index contributed by atoms with van der Waals surface area (Å²) in [7, 11) is 0. The van der Waals surface area contributed by atoms with Gasteiger partial charge in [0.15, 0.2) is 0 Å². The molecule has 3 amide bonds. The molecule has 1 saturated carbocycles. The number of hydrogen-bond acceptors (Lipinski definition) is 9. The molecule has 224 valence electrons. The zero-order chi connectivity index (χ0) is 29.8. The quantitative estimate of drug-likeness (QED) is 0.197. The molecule has 0 radical (unpaired) electrons. The smallest absolute Gasteiger partial charge is 0.407 e. The van der Waals surface area contributed by atoms with Gasteiger partial charge in [0.2, 0.25) is 11.9 Å². The maximum atomic E-state index is 13.0. The number of benzene rings is 1. The second-order valence-electron chi connectivity index (χ2n) is 11.2. The summed E-state index contributed by atoms with van der Waals surface area (Å²) >= 11 is 0. The van der Waals surface area contributed by atoms with Crippen LogP contribution >= 0.6 is 0 Å². The van der Waals surface area contributed by atoms with Crippen molar-refractivity contribution in [2.24, 2.45) is 5.73 Å². The van der Waals surface area contributed by atoms with Gasteiger partial charge in [0.25, 0.3) is 5.91 Å². The summed E-state index contributed by atoms with van der Waals surface area (Å²) in [6, 6.07) is 6.83. The molecule has 1 aromatic carbocycles. The molecule has 3 rings (SSSR count). The molecular formula is C29H44N8O4. The molecule has 1 aromatic heterocycles. The highest BCUT2D eigenvalue weighted by molar-refractivity contribution is 5.98. The lowest BCUT2D eigenvalue weighted by Crippen LogP contribution is -2.52. The van der Waals surface area contributed by atoms with E-state index in [1.807, 2.05) is 27.7 Å². The number of nitrogens with one attached hydrogen (secondary N) is 5. The minimum Gasteiger partial charge on any atom is -0.444 e. The lowest BCUT2D eigenvalue weighted by molar-refractivity contribution is 0.0479. The number of alkyl carbamates (subject to hydrolysis) is 1. The Kier molecular flexibility index (Phi) is 11.7. The van der Waals surface area contributed by atoms with E-state index in [9.17, 15) is 14.4 Å². The zero-order valence-corrected chi connectivity index (χ0v) is 24.5. The van der Waals surface area contributed by atoms with Crippen molar-refractivity contribution in [1.82, 2.24) is 25.9 Å². The second kappa shape index (κ2) is 15.2. The van der Waals surface area contributed by atoms with Gasteiger partial charge in [-0.1, -0.05) is 19.8 Å². The molecule has 1 aliphatic carbocycles. The van der Waals surface area contributed by atoms with Crippen LogP contribution in [0, 0.1) is 0 Å². The van der Waals surface area contributed by atoms with Crippen molar-refractivity contribution in [2.45, 2.75) is 83.9 Å². The maximum absolute atomic E-state index is 13.0. The number of nitrogens with two attached hydrogens (primary N) is 1. The number of nitrogens with zero attached hydrogens (tertiary/aromatic N) is 2. The molecule has 12 nitrogen and oxygen atoms in total. The van der Waals surface area contributed by atoms with Crippen LogP contribution in [0.2, 0.25) is 0 Å². The number of carbonyl (C=O) groups is 3. The number of ether oxygens (including phenoxy) is 1. The van der Waals surface area contributed by atoms with E-state index >= 15 is 0 Å². The summed E-state index contributed by atoms with van der Waals surface area (Å²) in [6.07, 6.45) is 6.75. The van der Waals surface area contributed by atoms with E-state index in [1.165, 1.54) is 6.20 Å². The number of aromatic nitrogens is 2. The molecule has 1 heterocycles. The Morgan fingerprint density at radius 3 is 2.39 bits per heavy atom. The van der Waals surface area contributed by atoms with Crippen LogP contribution in [-0.2, 0) is 4.74 Å². The number of primary amides is 1. The van der Waals surface area contributed by atoms with Crippen LogP contribution in [0.25, 0.3) is 0 Å². The van der Waals surface area contributed by atoms with Gasteiger partial charge in [0.1, 0.15) is 17.0 Å².